The van der Waals surface area contributed by atoms with Crippen molar-refractivity contribution in [1.29, 1.82) is 0 Å². The van der Waals surface area contributed by atoms with Gasteiger partial charge in [-0.1, -0.05) is 25.1 Å². The Morgan fingerprint density at radius 2 is 2.24 bits per heavy atom. The zero-order chi connectivity index (χ0) is 12.6. The van der Waals surface area contributed by atoms with Gasteiger partial charge in [-0.3, -0.25) is 4.79 Å². The predicted molar refractivity (Wildman–Crippen MR) is 66.9 cm³/mol. The van der Waals surface area contributed by atoms with Gasteiger partial charge in [-0.05, 0) is 12.0 Å². The summed E-state index contributed by atoms with van der Waals surface area (Å²) in [6, 6.07) is 4.95. The van der Waals surface area contributed by atoms with Gasteiger partial charge in [-0.2, -0.15) is 0 Å². The average molecular weight is 232 g/mol. The van der Waals surface area contributed by atoms with Gasteiger partial charge >= 0.3 is 5.97 Å². The monoisotopic (exact) mass is 232 g/mol. The van der Waals surface area contributed by atoms with Gasteiger partial charge in [0, 0.05) is 24.2 Å². The SMILES string of the molecule is CCc1cccc2c(C(N)C(=O)O)cn(C)c12. The van der Waals surface area contributed by atoms with Crippen molar-refractivity contribution in [1.82, 2.24) is 4.57 Å². The molecule has 1 unspecified atom stereocenters. The van der Waals surface area contributed by atoms with E-state index in [1.807, 2.05) is 29.9 Å². The Labute approximate surface area is 99.7 Å². The van der Waals surface area contributed by atoms with Gasteiger partial charge in [0.15, 0.2) is 0 Å². The fourth-order valence-electron chi connectivity index (χ4n) is 2.25. The molecule has 17 heavy (non-hydrogen) atoms. The van der Waals surface area contributed by atoms with Crippen LogP contribution in [-0.2, 0) is 18.3 Å². The number of para-hydroxylation sites is 1. The number of aromatic nitrogens is 1. The fraction of sp³-hybridized carbons (Fsp3) is 0.308. The van der Waals surface area contributed by atoms with Crippen molar-refractivity contribution in [3.8, 4) is 0 Å². The molecule has 90 valence electrons. The van der Waals surface area contributed by atoms with Crippen LogP contribution in [0.3, 0.4) is 0 Å². The van der Waals surface area contributed by atoms with E-state index in [4.69, 9.17) is 10.8 Å². The number of rotatable bonds is 3. The van der Waals surface area contributed by atoms with Crippen LogP contribution < -0.4 is 5.73 Å². The molecule has 1 atom stereocenters. The standard InChI is InChI=1S/C13H16N2O2/c1-3-8-5-4-6-9-10(11(14)13(16)17)7-15(2)12(8)9/h4-7,11H,3,14H2,1-2H3,(H,16,17). The van der Waals surface area contributed by atoms with E-state index in [9.17, 15) is 4.79 Å². The van der Waals surface area contributed by atoms with Crippen molar-refractivity contribution < 1.29 is 9.90 Å². The molecular weight excluding hydrogens is 216 g/mol. The lowest BCUT2D eigenvalue weighted by molar-refractivity contribution is -0.138. The number of nitrogens with two attached hydrogens (primary N) is 1. The Bertz CT molecular complexity index is 572. The van der Waals surface area contributed by atoms with E-state index in [-0.39, 0.29) is 0 Å². The molecule has 1 aromatic carbocycles. The first-order valence-corrected chi connectivity index (χ1v) is 5.61. The second-order valence-electron chi connectivity index (χ2n) is 4.18. The number of carboxylic acids is 1. The van der Waals surface area contributed by atoms with Gasteiger partial charge in [0.2, 0.25) is 0 Å². The number of carboxylic acid groups (broad SMARTS) is 1. The van der Waals surface area contributed by atoms with Crippen LogP contribution in [0.15, 0.2) is 24.4 Å². The highest BCUT2D eigenvalue weighted by molar-refractivity contribution is 5.91. The second-order valence-corrected chi connectivity index (χ2v) is 4.18. The van der Waals surface area contributed by atoms with E-state index < -0.39 is 12.0 Å². The highest BCUT2D eigenvalue weighted by Crippen LogP contribution is 2.27. The first-order chi connectivity index (χ1) is 8.06. The Balaban J connectivity index is 2.72. The van der Waals surface area contributed by atoms with Crippen molar-refractivity contribution in [2.24, 2.45) is 12.8 Å². The molecule has 0 bridgehead atoms. The van der Waals surface area contributed by atoms with Crippen LogP contribution in [0.2, 0.25) is 0 Å². The lowest BCUT2D eigenvalue weighted by Gasteiger charge is -2.05. The van der Waals surface area contributed by atoms with Crippen molar-refractivity contribution in [3.05, 3.63) is 35.5 Å². The van der Waals surface area contributed by atoms with E-state index in [0.717, 1.165) is 17.3 Å². The molecule has 3 N–H and O–H groups in total. The normalized spacial score (nSPS) is 12.9. The number of hydrogen-bond donors (Lipinski definition) is 2. The van der Waals surface area contributed by atoms with E-state index in [1.54, 1.807) is 0 Å². The third kappa shape index (κ3) is 1.80. The van der Waals surface area contributed by atoms with Gasteiger partial charge in [-0.15, -0.1) is 0 Å². The molecule has 1 heterocycles. The number of fused-ring (bicyclic) bond motifs is 1. The van der Waals surface area contributed by atoms with E-state index in [0.29, 0.717) is 5.56 Å². The van der Waals surface area contributed by atoms with Crippen LogP contribution in [0, 0.1) is 0 Å². The Morgan fingerprint density at radius 1 is 1.53 bits per heavy atom. The summed E-state index contributed by atoms with van der Waals surface area (Å²) in [4.78, 5) is 11.0. The summed E-state index contributed by atoms with van der Waals surface area (Å²) in [7, 11) is 1.92. The molecule has 0 aliphatic heterocycles. The van der Waals surface area contributed by atoms with Gasteiger partial charge in [0.05, 0.1) is 5.52 Å². The summed E-state index contributed by atoms with van der Waals surface area (Å²) in [5.74, 6) is -1.00. The number of aryl methyl sites for hydroxylation is 2. The summed E-state index contributed by atoms with van der Waals surface area (Å²) in [5, 5.41) is 9.93. The summed E-state index contributed by atoms with van der Waals surface area (Å²) in [6.45, 7) is 2.08. The Hall–Kier alpha value is -1.81. The molecule has 0 aliphatic carbocycles. The fourth-order valence-corrected chi connectivity index (χ4v) is 2.25. The second kappa shape index (κ2) is 4.22. The molecule has 2 rings (SSSR count). The summed E-state index contributed by atoms with van der Waals surface area (Å²) in [5.41, 5.74) is 8.64. The highest BCUT2D eigenvalue weighted by Gasteiger charge is 2.20. The van der Waals surface area contributed by atoms with Crippen LogP contribution in [0.4, 0.5) is 0 Å². The van der Waals surface area contributed by atoms with Gasteiger partial charge < -0.3 is 15.4 Å². The number of carbonyl (C=O) groups is 1. The zero-order valence-corrected chi connectivity index (χ0v) is 9.97. The van der Waals surface area contributed by atoms with Crippen molar-refractivity contribution in [3.63, 3.8) is 0 Å². The largest absolute Gasteiger partial charge is 0.480 e. The molecule has 0 spiro atoms. The minimum Gasteiger partial charge on any atom is -0.480 e. The lowest BCUT2D eigenvalue weighted by Crippen LogP contribution is -2.20. The number of nitrogens with zero attached hydrogens (tertiary/aromatic N) is 1. The van der Waals surface area contributed by atoms with Crippen LogP contribution in [0.5, 0.6) is 0 Å². The third-order valence-corrected chi connectivity index (χ3v) is 3.10. The highest BCUT2D eigenvalue weighted by atomic mass is 16.4. The van der Waals surface area contributed by atoms with Crippen LogP contribution in [0.25, 0.3) is 10.9 Å². The molecule has 1 aromatic heterocycles. The van der Waals surface area contributed by atoms with Gasteiger partial charge in [0.1, 0.15) is 6.04 Å². The molecular formula is C13H16N2O2. The maximum absolute atomic E-state index is 11.0. The number of benzene rings is 1. The van der Waals surface area contributed by atoms with Crippen molar-refractivity contribution in [2.75, 3.05) is 0 Å². The summed E-state index contributed by atoms with van der Waals surface area (Å²) >= 11 is 0. The summed E-state index contributed by atoms with van der Waals surface area (Å²) < 4.78 is 1.95. The molecule has 0 saturated heterocycles. The molecule has 4 heteroatoms. The van der Waals surface area contributed by atoms with Crippen LogP contribution in [0.1, 0.15) is 24.1 Å². The average Bonchev–Trinajstić information content (AvgIpc) is 2.66. The Kier molecular flexibility index (Phi) is 2.90. The number of hydrogen-bond acceptors (Lipinski definition) is 2. The molecule has 0 fully saturated rings. The molecule has 2 aromatic rings. The zero-order valence-electron chi connectivity index (χ0n) is 9.97. The molecule has 0 amide bonds. The lowest BCUT2D eigenvalue weighted by atomic mass is 10.0. The first-order valence-electron chi connectivity index (χ1n) is 5.61. The van der Waals surface area contributed by atoms with E-state index >= 15 is 0 Å². The predicted octanol–water partition coefficient (Wildman–Crippen LogP) is 1.83. The third-order valence-electron chi connectivity index (χ3n) is 3.10. The van der Waals surface area contributed by atoms with Gasteiger partial charge in [0.25, 0.3) is 0 Å². The van der Waals surface area contributed by atoms with E-state index in [2.05, 4.69) is 13.0 Å². The molecule has 0 aliphatic rings. The van der Waals surface area contributed by atoms with Gasteiger partial charge in [-0.25, -0.2) is 0 Å². The maximum atomic E-state index is 11.0. The molecule has 0 radical (unpaired) electrons. The minimum atomic E-state index is -1.00. The maximum Gasteiger partial charge on any atom is 0.325 e. The van der Waals surface area contributed by atoms with Crippen LogP contribution >= 0.6 is 0 Å². The Morgan fingerprint density at radius 3 is 2.82 bits per heavy atom. The summed E-state index contributed by atoms with van der Waals surface area (Å²) in [6.07, 6.45) is 2.72. The van der Waals surface area contributed by atoms with Crippen LogP contribution in [-0.4, -0.2) is 15.6 Å². The number of aliphatic carboxylic acids is 1. The minimum absolute atomic E-state index is 0.672. The topological polar surface area (TPSA) is 68.2 Å². The first kappa shape index (κ1) is 11.7. The van der Waals surface area contributed by atoms with E-state index in [1.165, 1.54) is 5.56 Å². The molecule has 4 nitrogen and oxygen atoms in total. The molecule has 0 saturated carbocycles. The smallest absolute Gasteiger partial charge is 0.325 e. The van der Waals surface area contributed by atoms with Crippen molar-refractivity contribution >= 4 is 16.9 Å². The van der Waals surface area contributed by atoms with Crippen molar-refractivity contribution in [2.45, 2.75) is 19.4 Å². The quantitative estimate of drug-likeness (QED) is 0.848.